The lowest BCUT2D eigenvalue weighted by Crippen LogP contribution is -2.29. The van der Waals surface area contributed by atoms with E-state index in [1.54, 1.807) is 30.3 Å². The number of hydrogen-bond donors (Lipinski definition) is 5. The minimum absolute atomic E-state index is 0.100. The van der Waals surface area contributed by atoms with Crippen LogP contribution in [0.1, 0.15) is 22.3 Å². The summed E-state index contributed by atoms with van der Waals surface area (Å²) in [7, 11) is -1.51. The maximum atomic E-state index is 12.1. The fraction of sp³-hybridized carbons (Fsp3) is 0.207. The fourth-order valence-electron chi connectivity index (χ4n) is 4.20. The van der Waals surface area contributed by atoms with Crippen molar-refractivity contribution in [3.63, 3.8) is 0 Å². The fourth-order valence-corrected chi connectivity index (χ4v) is 4.20. The van der Waals surface area contributed by atoms with Gasteiger partial charge in [0.05, 0.1) is 13.2 Å². The van der Waals surface area contributed by atoms with Crippen LogP contribution in [0.5, 0.6) is 0 Å². The molecule has 0 aliphatic heterocycles. The number of hydrogen-bond acceptors (Lipinski definition) is 6. The Bertz CT molecular complexity index is 1340. The minimum Gasteiger partial charge on any atom is -0.423 e. The SMILES string of the molecule is O=C(C=Cc1ccc(CN(CCO)CCc2c[nH]c3ccccc23)cc1)NOCc1ccc(B(O)O)cc1. The Balaban J connectivity index is 1.23. The number of fused-ring (bicyclic) bond motifs is 1. The van der Waals surface area contributed by atoms with Crippen molar-refractivity contribution in [3.05, 3.63) is 107 Å². The highest BCUT2D eigenvalue weighted by molar-refractivity contribution is 6.58. The summed E-state index contributed by atoms with van der Waals surface area (Å²) in [6.07, 6.45) is 6.06. The van der Waals surface area contributed by atoms with Gasteiger partial charge in [-0.25, -0.2) is 5.48 Å². The van der Waals surface area contributed by atoms with Crippen molar-refractivity contribution in [2.75, 3.05) is 19.7 Å². The van der Waals surface area contributed by atoms with E-state index in [0.717, 1.165) is 41.7 Å². The summed E-state index contributed by atoms with van der Waals surface area (Å²) in [5, 5.41) is 29.0. The summed E-state index contributed by atoms with van der Waals surface area (Å²) in [6.45, 7) is 2.40. The highest BCUT2D eigenvalue weighted by atomic mass is 16.6. The van der Waals surface area contributed by atoms with Crippen LogP contribution >= 0.6 is 0 Å². The second-order valence-electron chi connectivity index (χ2n) is 9.05. The molecule has 38 heavy (non-hydrogen) atoms. The third kappa shape index (κ3) is 7.88. The Kier molecular flexibility index (Phi) is 9.86. The number of para-hydroxylation sites is 1. The molecule has 0 radical (unpaired) electrons. The molecule has 0 spiro atoms. The summed E-state index contributed by atoms with van der Waals surface area (Å²) >= 11 is 0. The van der Waals surface area contributed by atoms with Crippen molar-refractivity contribution in [2.45, 2.75) is 19.6 Å². The number of amides is 1. The van der Waals surface area contributed by atoms with Gasteiger partial charge in [-0.3, -0.25) is 14.5 Å². The van der Waals surface area contributed by atoms with Gasteiger partial charge < -0.3 is 20.1 Å². The third-order valence-corrected chi connectivity index (χ3v) is 6.29. The van der Waals surface area contributed by atoms with Gasteiger partial charge in [-0.05, 0) is 46.3 Å². The summed E-state index contributed by atoms with van der Waals surface area (Å²) in [6, 6.07) is 22.8. The average Bonchev–Trinajstić information content (AvgIpc) is 3.35. The standard InChI is InChI=1S/C29H32BN3O5/c34-18-17-33(16-15-25-19-31-28-4-2-1-3-27(25)28)20-23-7-5-22(6-8-23)11-14-29(35)32-38-21-24-9-12-26(13-10-24)30(36)37/h1-14,19,31,34,36-37H,15-18,20-21H2,(H,32,35). The number of aliphatic hydroxyl groups is 1. The molecule has 8 nitrogen and oxygen atoms in total. The number of aliphatic hydroxyl groups excluding tert-OH is 1. The first kappa shape index (κ1) is 27.3. The van der Waals surface area contributed by atoms with E-state index in [1.165, 1.54) is 17.0 Å². The molecule has 4 rings (SSSR count). The Hall–Kier alpha value is -3.73. The highest BCUT2D eigenvalue weighted by Gasteiger charge is 2.10. The zero-order chi connectivity index (χ0) is 26.7. The van der Waals surface area contributed by atoms with Crippen LogP contribution in [0.2, 0.25) is 0 Å². The topological polar surface area (TPSA) is 118 Å². The molecule has 1 aromatic heterocycles. The third-order valence-electron chi connectivity index (χ3n) is 6.29. The molecule has 0 saturated heterocycles. The van der Waals surface area contributed by atoms with Crippen LogP contribution in [0.3, 0.4) is 0 Å². The van der Waals surface area contributed by atoms with Gasteiger partial charge in [-0.1, -0.05) is 66.7 Å². The summed E-state index contributed by atoms with van der Waals surface area (Å²) in [5.41, 5.74) is 7.95. The van der Waals surface area contributed by atoms with E-state index in [1.807, 2.05) is 36.4 Å². The van der Waals surface area contributed by atoms with Crippen molar-refractivity contribution in [3.8, 4) is 0 Å². The number of H-pyrrole nitrogens is 1. The van der Waals surface area contributed by atoms with Crippen LogP contribution in [0, 0.1) is 0 Å². The van der Waals surface area contributed by atoms with E-state index in [0.29, 0.717) is 12.0 Å². The Morgan fingerprint density at radius 1 is 0.974 bits per heavy atom. The van der Waals surface area contributed by atoms with Gasteiger partial charge in [-0.2, -0.15) is 0 Å². The first-order chi connectivity index (χ1) is 18.5. The first-order valence-electron chi connectivity index (χ1n) is 12.5. The zero-order valence-corrected chi connectivity index (χ0v) is 21.1. The molecule has 1 amide bonds. The molecule has 0 saturated carbocycles. The molecule has 0 aliphatic rings. The number of rotatable bonds is 13. The van der Waals surface area contributed by atoms with Crippen molar-refractivity contribution >= 4 is 35.5 Å². The molecule has 1 heterocycles. The molecule has 0 bridgehead atoms. The van der Waals surface area contributed by atoms with E-state index in [-0.39, 0.29) is 19.1 Å². The van der Waals surface area contributed by atoms with Gasteiger partial charge in [0, 0.05) is 42.8 Å². The van der Waals surface area contributed by atoms with Crippen molar-refractivity contribution in [1.82, 2.24) is 15.4 Å². The van der Waals surface area contributed by atoms with Crippen molar-refractivity contribution in [2.24, 2.45) is 0 Å². The van der Waals surface area contributed by atoms with Gasteiger partial charge in [0.2, 0.25) is 0 Å². The molecule has 4 aromatic rings. The average molecular weight is 513 g/mol. The Labute approximate surface area is 222 Å². The van der Waals surface area contributed by atoms with Crippen LogP contribution in [0.4, 0.5) is 0 Å². The van der Waals surface area contributed by atoms with Crippen LogP contribution in [0.25, 0.3) is 17.0 Å². The number of aromatic nitrogens is 1. The molecule has 9 heteroatoms. The molecule has 0 fully saturated rings. The molecule has 0 atom stereocenters. The van der Waals surface area contributed by atoms with Crippen molar-refractivity contribution in [1.29, 1.82) is 0 Å². The van der Waals surface area contributed by atoms with Crippen LogP contribution in [0.15, 0.2) is 85.1 Å². The second-order valence-corrected chi connectivity index (χ2v) is 9.05. The highest BCUT2D eigenvalue weighted by Crippen LogP contribution is 2.19. The molecule has 0 aliphatic carbocycles. The number of hydroxylamine groups is 1. The monoisotopic (exact) mass is 513 g/mol. The van der Waals surface area contributed by atoms with Gasteiger partial charge in [0.1, 0.15) is 0 Å². The lowest BCUT2D eigenvalue weighted by Gasteiger charge is -2.21. The summed E-state index contributed by atoms with van der Waals surface area (Å²) in [5.74, 6) is -0.386. The van der Waals surface area contributed by atoms with E-state index in [2.05, 4.69) is 33.7 Å². The van der Waals surface area contributed by atoms with Crippen molar-refractivity contribution < 1.29 is 24.8 Å². The Morgan fingerprint density at radius 2 is 1.71 bits per heavy atom. The molecular weight excluding hydrogens is 481 g/mol. The van der Waals surface area contributed by atoms with Gasteiger partial charge in [0.15, 0.2) is 0 Å². The van der Waals surface area contributed by atoms with Crippen LogP contribution in [-0.2, 0) is 29.2 Å². The summed E-state index contributed by atoms with van der Waals surface area (Å²) < 4.78 is 0. The second kappa shape index (κ2) is 13.7. The molecule has 5 N–H and O–H groups in total. The maximum Gasteiger partial charge on any atom is 0.488 e. The van der Waals surface area contributed by atoms with E-state index >= 15 is 0 Å². The van der Waals surface area contributed by atoms with E-state index < -0.39 is 7.12 Å². The molecule has 0 unspecified atom stereocenters. The predicted octanol–water partition coefficient (Wildman–Crippen LogP) is 2.15. The number of nitrogens with zero attached hydrogens (tertiary/aromatic N) is 1. The van der Waals surface area contributed by atoms with E-state index in [9.17, 15) is 9.90 Å². The molecule has 3 aromatic carbocycles. The normalized spacial score (nSPS) is 11.5. The van der Waals surface area contributed by atoms with Crippen LogP contribution in [-0.4, -0.2) is 57.8 Å². The lowest BCUT2D eigenvalue weighted by atomic mass is 9.80. The zero-order valence-electron chi connectivity index (χ0n) is 21.1. The first-order valence-corrected chi connectivity index (χ1v) is 12.5. The number of carbonyl (C=O) groups is 1. The number of carbonyl (C=O) groups excluding carboxylic acids is 1. The van der Waals surface area contributed by atoms with Gasteiger partial charge in [0.25, 0.3) is 5.91 Å². The Morgan fingerprint density at radius 3 is 2.45 bits per heavy atom. The number of nitrogens with one attached hydrogen (secondary N) is 2. The minimum atomic E-state index is -1.51. The summed E-state index contributed by atoms with van der Waals surface area (Å²) in [4.78, 5) is 22.8. The number of benzene rings is 3. The maximum absolute atomic E-state index is 12.1. The van der Waals surface area contributed by atoms with E-state index in [4.69, 9.17) is 14.9 Å². The van der Waals surface area contributed by atoms with Gasteiger partial charge >= 0.3 is 7.12 Å². The quantitative estimate of drug-likeness (QED) is 0.106. The van der Waals surface area contributed by atoms with Crippen LogP contribution < -0.4 is 10.9 Å². The van der Waals surface area contributed by atoms with Gasteiger partial charge in [-0.15, -0.1) is 0 Å². The largest absolute Gasteiger partial charge is 0.488 e. The predicted molar refractivity (Wildman–Crippen MR) is 149 cm³/mol. The number of aromatic amines is 1. The molecular formula is C29H32BN3O5. The molecule has 196 valence electrons. The lowest BCUT2D eigenvalue weighted by molar-refractivity contribution is -0.129. The smallest absolute Gasteiger partial charge is 0.423 e.